The minimum absolute atomic E-state index is 0.293. The maximum Gasteiger partial charge on any atom is 0.165 e. The highest BCUT2D eigenvalue weighted by atomic mass is 19.1. The van der Waals surface area contributed by atoms with Gasteiger partial charge in [0.05, 0.1) is 6.61 Å². The van der Waals surface area contributed by atoms with E-state index >= 15 is 0 Å². The van der Waals surface area contributed by atoms with E-state index < -0.39 is 0 Å². The van der Waals surface area contributed by atoms with Crippen LogP contribution in [0.1, 0.15) is 19.8 Å². The minimum atomic E-state index is -0.293. The Morgan fingerprint density at radius 3 is 2.80 bits per heavy atom. The van der Waals surface area contributed by atoms with Crippen molar-refractivity contribution in [3.05, 3.63) is 30.1 Å². The quantitative estimate of drug-likeness (QED) is 0.700. The van der Waals surface area contributed by atoms with Crippen LogP contribution in [0.5, 0.6) is 5.75 Å². The van der Waals surface area contributed by atoms with Crippen LogP contribution in [0.2, 0.25) is 0 Å². The average molecular weight is 211 g/mol. The van der Waals surface area contributed by atoms with Gasteiger partial charge in [-0.05, 0) is 38.1 Å². The maximum atomic E-state index is 13.1. The van der Waals surface area contributed by atoms with E-state index in [9.17, 15) is 4.39 Å². The first-order chi connectivity index (χ1) is 7.34. The first-order valence-corrected chi connectivity index (χ1v) is 5.42. The standard InChI is InChI=1S/C12H18FNO/c1-2-8-14-9-5-10-15-12-7-4-3-6-11(12)13/h3-4,6-7,14H,2,5,8-10H2,1H3. The predicted molar refractivity (Wildman–Crippen MR) is 59.7 cm³/mol. The van der Waals surface area contributed by atoms with Gasteiger partial charge in [0.1, 0.15) is 0 Å². The fourth-order valence-electron chi connectivity index (χ4n) is 1.24. The van der Waals surface area contributed by atoms with Gasteiger partial charge >= 0.3 is 0 Å². The zero-order valence-corrected chi connectivity index (χ0v) is 9.13. The molecule has 0 saturated carbocycles. The lowest BCUT2D eigenvalue weighted by molar-refractivity contribution is 0.293. The molecular formula is C12H18FNO. The highest BCUT2D eigenvalue weighted by Gasteiger charge is 1.99. The van der Waals surface area contributed by atoms with E-state index in [-0.39, 0.29) is 5.82 Å². The highest BCUT2D eigenvalue weighted by Crippen LogP contribution is 2.15. The summed E-state index contributed by atoms with van der Waals surface area (Å²) in [5, 5.41) is 3.26. The summed E-state index contributed by atoms with van der Waals surface area (Å²) in [7, 11) is 0. The van der Waals surface area contributed by atoms with Crippen LogP contribution < -0.4 is 10.1 Å². The fourth-order valence-corrected chi connectivity index (χ4v) is 1.24. The molecule has 0 radical (unpaired) electrons. The molecule has 0 aliphatic rings. The lowest BCUT2D eigenvalue weighted by Gasteiger charge is -2.07. The van der Waals surface area contributed by atoms with Crippen LogP contribution in [0, 0.1) is 5.82 Å². The van der Waals surface area contributed by atoms with Crippen LogP contribution in [0.15, 0.2) is 24.3 Å². The van der Waals surface area contributed by atoms with Crippen LogP contribution in [-0.4, -0.2) is 19.7 Å². The zero-order valence-electron chi connectivity index (χ0n) is 9.13. The van der Waals surface area contributed by atoms with E-state index in [1.807, 2.05) is 0 Å². The Balaban J connectivity index is 2.12. The monoisotopic (exact) mass is 211 g/mol. The number of nitrogens with one attached hydrogen (secondary N) is 1. The molecule has 0 fully saturated rings. The van der Waals surface area contributed by atoms with Crippen molar-refractivity contribution < 1.29 is 9.13 Å². The first-order valence-electron chi connectivity index (χ1n) is 5.42. The second-order valence-electron chi connectivity index (χ2n) is 3.38. The Kier molecular flexibility index (Phi) is 5.78. The zero-order chi connectivity index (χ0) is 10.9. The summed E-state index contributed by atoms with van der Waals surface area (Å²) in [6.45, 7) is 4.63. The van der Waals surface area contributed by atoms with Gasteiger partial charge in [-0.15, -0.1) is 0 Å². The Bertz CT molecular complexity index is 278. The Hall–Kier alpha value is -1.09. The second kappa shape index (κ2) is 7.23. The van der Waals surface area contributed by atoms with E-state index in [2.05, 4.69) is 12.2 Å². The van der Waals surface area contributed by atoms with E-state index in [0.717, 1.165) is 25.9 Å². The molecule has 1 aromatic carbocycles. The number of rotatable bonds is 7. The van der Waals surface area contributed by atoms with Gasteiger partial charge in [-0.3, -0.25) is 0 Å². The molecule has 3 heteroatoms. The van der Waals surface area contributed by atoms with Crippen LogP contribution in [0.4, 0.5) is 4.39 Å². The van der Waals surface area contributed by atoms with Gasteiger partial charge in [-0.25, -0.2) is 4.39 Å². The number of para-hydroxylation sites is 1. The molecule has 1 aromatic rings. The molecule has 84 valence electrons. The van der Waals surface area contributed by atoms with Gasteiger partial charge < -0.3 is 10.1 Å². The highest BCUT2D eigenvalue weighted by molar-refractivity contribution is 5.23. The van der Waals surface area contributed by atoms with Gasteiger partial charge in [0.25, 0.3) is 0 Å². The third-order valence-corrected chi connectivity index (χ3v) is 2.02. The topological polar surface area (TPSA) is 21.3 Å². The number of benzene rings is 1. The van der Waals surface area contributed by atoms with Gasteiger partial charge in [-0.2, -0.15) is 0 Å². The van der Waals surface area contributed by atoms with Crippen LogP contribution in [-0.2, 0) is 0 Å². The Morgan fingerprint density at radius 1 is 1.27 bits per heavy atom. The van der Waals surface area contributed by atoms with E-state index in [0.29, 0.717) is 12.4 Å². The van der Waals surface area contributed by atoms with Gasteiger partial charge in [-0.1, -0.05) is 19.1 Å². The molecule has 0 saturated heterocycles. The SMILES string of the molecule is CCCNCCCOc1ccccc1F. The van der Waals surface area contributed by atoms with Crippen molar-refractivity contribution in [2.24, 2.45) is 0 Å². The molecule has 0 unspecified atom stereocenters. The molecule has 1 N–H and O–H groups in total. The Morgan fingerprint density at radius 2 is 2.07 bits per heavy atom. The van der Waals surface area contributed by atoms with E-state index in [1.165, 1.54) is 6.07 Å². The van der Waals surface area contributed by atoms with Crippen LogP contribution in [0.3, 0.4) is 0 Å². The normalized spacial score (nSPS) is 10.3. The summed E-state index contributed by atoms with van der Waals surface area (Å²) in [5.74, 6) is 0.0482. The number of ether oxygens (including phenoxy) is 1. The molecule has 0 bridgehead atoms. The summed E-state index contributed by atoms with van der Waals surface area (Å²) >= 11 is 0. The number of halogens is 1. The van der Waals surface area contributed by atoms with E-state index in [1.54, 1.807) is 18.2 Å². The summed E-state index contributed by atoms with van der Waals surface area (Å²) < 4.78 is 18.4. The lowest BCUT2D eigenvalue weighted by Crippen LogP contribution is -2.18. The molecule has 0 amide bonds. The summed E-state index contributed by atoms with van der Waals surface area (Å²) in [6, 6.07) is 6.48. The molecule has 0 heterocycles. The molecule has 0 atom stereocenters. The van der Waals surface area contributed by atoms with Crippen molar-refractivity contribution >= 4 is 0 Å². The van der Waals surface area contributed by atoms with Crippen LogP contribution in [0.25, 0.3) is 0 Å². The molecule has 15 heavy (non-hydrogen) atoms. The third kappa shape index (κ3) is 4.79. The summed E-state index contributed by atoms with van der Waals surface area (Å²) in [5.41, 5.74) is 0. The Labute approximate surface area is 90.4 Å². The lowest BCUT2D eigenvalue weighted by atomic mass is 10.3. The molecule has 0 aliphatic carbocycles. The van der Waals surface area contributed by atoms with Crippen molar-refractivity contribution in [2.45, 2.75) is 19.8 Å². The maximum absolute atomic E-state index is 13.1. The molecule has 0 spiro atoms. The minimum Gasteiger partial charge on any atom is -0.490 e. The predicted octanol–water partition coefficient (Wildman–Crippen LogP) is 2.59. The number of hydrogen-bond acceptors (Lipinski definition) is 2. The molecular weight excluding hydrogens is 193 g/mol. The van der Waals surface area contributed by atoms with Crippen molar-refractivity contribution in [1.82, 2.24) is 5.32 Å². The number of hydrogen-bond donors (Lipinski definition) is 1. The van der Waals surface area contributed by atoms with E-state index in [4.69, 9.17) is 4.74 Å². The van der Waals surface area contributed by atoms with Gasteiger partial charge in [0.2, 0.25) is 0 Å². The molecule has 0 aromatic heterocycles. The smallest absolute Gasteiger partial charge is 0.165 e. The van der Waals surface area contributed by atoms with Crippen molar-refractivity contribution in [2.75, 3.05) is 19.7 Å². The largest absolute Gasteiger partial charge is 0.490 e. The first kappa shape index (κ1) is 12.0. The average Bonchev–Trinajstić information content (AvgIpc) is 2.25. The van der Waals surface area contributed by atoms with Crippen LogP contribution >= 0.6 is 0 Å². The fraction of sp³-hybridized carbons (Fsp3) is 0.500. The van der Waals surface area contributed by atoms with Crippen molar-refractivity contribution in [3.8, 4) is 5.75 Å². The van der Waals surface area contributed by atoms with Crippen molar-refractivity contribution in [1.29, 1.82) is 0 Å². The van der Waals surface area contributed by atoms with Gasteiger partial charge in [0.15, 0.2) is 11.6 Å². The molecule has 2 nitrogen and oxygen atoms in total. The van der Waals surface area contributed by atoms with Gasteiger partial charge in [0, 0.05) is 0 Å². The summed E-state index contributed by atoms with van der Waals surface area (Å²) in [6.07, 6.45) is 2.03. The second-order valence-corrected chi connectivity index (χ2v) is 3.38. The third-order valence-electron chi connectivity index (χ3n) is 2.02. The van der Waals surface area contributed by atoms with Crippen molar-refractivity contribution in [3.63, 3.8) is 0 Å². The molecule has 1 rings (SSSR count). The molecule has 0 aliphatic heterocycles. The summed E-state index contributed by atoms with van der Waals surface area (Å²) in [4.78, 5) is 0.